The first-order valence-electron chi connectivity index (χ1n) is 21.5. The average molecular weight is 692 g/mol. The third-order valence-electron chi connectivity index (χ3n) is 11.8. The fourth-order valence-electron chi connectivity index (χ4n) is 8.64. The zero-order valence-electron chi connectivity index (χ0n) is 34.0. The van der Waals surface area contributed by atoms with Crippen molar-refractivity contribution < 1.29 is 4.58 Å². The van der Waals surface area contributed by atoms with Crippen LogP contribution in [0.25, 0.3) is 0 Å². The predicted molar refractivity (Wildman–Crippen MR) is 226 cm³/mol. The van der Waals surface area contributed by atoms with Gasteiger partial charge in [-0.1, -0.05) is 191 Å². The van der Waals surface area contributed by atoms with E-state index in [9.17, 15) is 0 Å². The molecule has 0 amide bonds. The van der Waals surface area contributed by atoms with Crippen LogP contribution in [0.15, 0.2) is 84.6 Å². The van der Waals surface area contributed by atoms with Crippen LogP contribution in [0, 0.1) is 0 Å². The number of rotatable bonds is 25. The van der Waals surface area contributed by atoms with Gasteiger partial charge in [-0.05, 0) is 44.4 Å². The Balaban J connectivity index is 1.37. The number of anilines is 1. The van der Waals surface area contributed by atoms with Crippen molar-refractivity contribution in [2.24, 2.45) is 0 Å². The highest BCUT2D eigenvalue weighted by Crippen LogP contribution is 2.47. The molecule has 0 atom stereocenters. The van der Waals surface area contributed by atoms with E-state index in [-0.39, 0.29) is 10.8 Å². The van der Waals surface area contributed by atoms with Crippen molar-refractivity contribution in [2.45, 2.75) is 181 Å². The molecule has 0 N–H and O–H groups in total. The van der Waals surface area contributed by atoms with E-state index in [2.05, 4.69) is 130 Å². The number of fused-ring (bicyclic) bond motifs is 2. The Bertz CT molecular complexity index is 1430. The van der Waals surface area contributed by atoms with Crippen molar-refractivity contribution in [3.05, 3.63) is 95.7 Å². The Morgan fingerprint density at radius 1 is 0.529 bits per heavy atom. The minimum absolute atomic E-state index is 0.00116. The number of nitrogens with zero attached hydrogens (tertiary/aromatic N) is 2. The van der Waals surface area contributed by atoms with Crippen LogP contribution in [-0.4, -0.2) is 23.4 Å². The highest BCUT2D eigenvalue weighted by atomic mass is 15.2. The Labute approximate surface area is 315 Å². The van der Waals surface area contributed by atoms with E-state index in [4.69, 9.17) is 0 Å². The number of hydrogen-bond donors (Lipinski definition) is 0. The summed E-state index contributed by atoms with van der Waals surface area (Å²) >= 11 is 0. The largest absolute Gasteiger partial charge is 0.344 e. The quantitative estimate of drug-likeness (QED) is 0.0571. The van der Waals surface area contributed by atoms with Gasteiger partial charge in [0.05, 0.1) is 5.41 Å². The van der Waals surface area contributed by atoms with Crippen LogP contribution in [0.1, 0.15) is 181 Å². The molecule has 4 rings (SSSR count). The molecule has 0 saturated heterocycles. The maximum absolute atomic E-state index is 2.62. The summed E-state index contributed by atoms with van der Waals surface area (Å²) in [6.45, 7) is 16.4. The number of benzene rings is 2. The van der Waals surface area contributed by atoms with Gasteiger partial charge in [0.2, 0.25) is 5.69 Å². The fourth-order valence-corrected chi connectivity index (χ4v) is 8.64. The molecule has 2 aromatic carbocycles. The first-order chi connectivity index (χ1) is 24.8. The normalized spacial score (nSPS) is 17.1. The Morgan fingerprint density at radius 3 is 1.65 bits per heavy atom. The maximum Gasteiger partial charge on any atom is 0.209 e. The van der Waals surface area contributed by atoms with Crippen LogP contribution >= 0.6 is 0 Å². The van der Waals surface area contributed by atoms with Gasteiger partial charge in [0.1, 0.15) is 6.54 Å². The van der Waals surface area contributed by atoms with E-state index in [1.807, 2.05) is 0 Å². The van der Waals surface area contributed by atoms with Crippen LogP contribution in [0.4, 0.5) is 11.4 Å². The molecule has 51 heavy (non-hydrogen) atoms. The lowest BCUT2D eigenvalue weighted by atomic mass is 9.81. The van der Waals surface area contributed by atoms with Gasteiger partial charge in [-0.25, -0.2) is 0 Å². The van der Waals surface area contributed by atoms with Gasteiger partial charge >= 0.3 is 0 Å². The lowest BCUT2D eigenvalue weighted by Crippen LogP contribution is -2.27. The molecule has 2 nitrogen and oxygen atoms in total. The highest BCUT2D eigenvalue weighted by molar-refractivity contribution is 6.03. The molecule has 2 heteroatoms. The summed E-state index contributed by atoms with van der Waals surface area (Å²) in [5.41, 5.74) is 8.56. The second-order valence-electron chi connectivity index (χ2n) is 16.6. The summed E-state index contributed by atoms with van der Waals surface area (Å²) in [7, 11) is 0. The standard InChI is InChI=1S/C49H75N2/c1-7-9-11-13-15-17-19-21-23-32-40-50-44-36-30-28-34-42(44)48(3,4)46(50)38-26-25-27-39-47-49(5,6)43-35-29-31-37-45(43)51(47)41-33-24-22-20-18-16-14-12-10-8-2/h25-31,34-39H,7-24,32-33,40-41H2,1-6H3/q+1. The minimum atomic E-state index is -0.00116. The van der Waals surface area contributed by atoms with E-state index in [1.165, 1.54) is 162 Å². The Morgan fingerprint density at radius 2 is 1.04 bits per heavy atom. The first-order valence-corrected chi connectivity index (χ1v) is 21.5. The number of hydrogen-bond acceptors (Lipinski definition) is 1. The molecule has 0 bridgehead atoms. The highest BCUT2D eigenvalue weighted by Gasteiger charge is 2.43. The van der Waals surface area contributed by atoms with E-state index in [0.29, 0.717) is 0 Å². The first kappa shape index (κ1) is 40.9. The van der Waals surface area contributed by atoms with Crippen LogP contribution < -0.4 is 4.90 Å². The van der Waals surface area contributed by atoms with Crippen molar-refractivity contribution >= 4 is 17.1 Å². The summed E-state index contributed by atoms with van der Waals surface area (Å²) in [4.78, 5) is 2.62. The van der Waals surface area contributed by atoms with Crippen LogP contribution in [0.5, 0.6) is 0 Å². The molecule has 0 saturated carbocycles. The maximum atomic E-state index is 2.62. The molecule has 2 heterocycles. The van der Waals surface area contributed by atoms with Gasteiger partial charge < -0.3 is 4.90 Å². The average Bonchev–Trinajstić information content (AvgIpc) is 3.48. The fraction of sp³-hybridized carbons (Fsp3) is 0.612. The second-order valence-corrected chi connectivity index (χ2v) is 16.6. The van der Waals surface area contributed by atoms with Gasteiger partial charge in [0, 0.05) is 47.5 Å². The molecule has 0 spiro atoms. The van der Waals surface area contributed by atoms with Gasteiger partial charge in [-0.3, -0.25) is 0 Å². The third-order valence-corrected chi connectivity index (χ3v) is 11.8. The van der Waals surface area contributed by atoms with Crippen LogP contribution in [-0.2, 0) is 10.8 Å². The van der Waals surface area contributed by atoms with Gasteiger partial charge in [-0.2, -0.15) is 4.58 Å². The van der Waals surface area contributed by atoms with Gasteiger partial charge in [-0.15, -0.1) is 0 Å². The summed E-state index contributed by atoms with van der Waals surface area (Å²) in [6, 6.07) is 18.2. The number of unbranched alkanes of at least 4 members (excludes halogenated alkanes) is 18. The topological polar surface area (TPSA) is 6.25 Å². The molecule has 2 aromatic rings. The summed E-state index contributed by atoms with van der Waals surface area (Å²) in [6.07, 6.45) is 39.1. The van der Waals surface area contributed by atoms with Gasteiger partial charge in [0.25, 0.3) is 0 Å². The molecular weight excluding hydrogens is 617 g/mol. The van der Waals surface area contributed by atoms with E-state index in [0.717, 1.165) is 13.1 Å². The Hall–Kier alpha value is -2.87. The van der Waals surface area contributed by atoms with Crippen molar-refractivity contribution in [1.82, 2.24) is 0 Å². The predicted octanol–water partition coefficient (Wildman–Crippen LogP) is 14.7. The number of allylic oxidation sites excluding steroid dienone is 6. The Kier molecular flexibility index (Phi) is 17.3. The third kappa shape index (κ3) is 11.6. The van der Waals surface area contributed by atoms with Crippen molar-refractivity contribution in [2.75, 3.05) is 18.0 Å². The zero-order chi connectivity index (χ0) is 36.4. The molecule has 0 unspecified atom stereocenters. The lowest BCUT2D eigenvalue weighted by molar-refractivity contribution is -0.438. The van der Waals surface area contributed by atoms with Crippen LogP contribution in [0.2, 0.25) is 0 Å². The van der Waals surface area contributed by atoms with Crippen molar-refractivity contribution in [1.29, 1.82) is 0 Å². The molecule has 2 aliphatic rings. The number of para-hydroxylation sites is 2. The zero-order valence-corrected chi connectivity index (χ0v) is 34.0. The SMILES string of the molecule is CCCCCCCCCCCCN1C(=CC=CC=CC2=[N+](CCCCCCCCCCCC)c3ccccc3C2(C)C)C(C)(C)c2ccccc21. The van der Waals surface area contributed by atoms with E-state index in [1.54, 1.807) is 0 Å². The van der Waals surface area contributed by atoms with Gasteiger partial charge in [0.15, 0.2) is 5.71 Å². The molecule has 0 fully saturated rings. The molecule has 0 radical (unpaired) electrons. The van der Waals surface area contributed by atoms with E-state index < -0.39 is 0 Å². The van der Waals surface area contributed by atoms with E-state index >= 15 is 0 Å². The second kappa shape index (κ2) is 21.6. The van der Waals surface area contributed by atoms with Crippen LogP contribution in [0.3, 0.4) is 0 Å². The summed E-state index contributed by atoms with van der Waals surface area (Å²) in [5, 5.41) is 0. The molecule has 0 aromatic heterocycles. The van der Waals surface area contributed by atoms with Crippen molar-refractivity contribution in [3.63, 3.8) is 0 Å². The molecule has 2 aliphatic heterocycles. The lowest BCUT2D eigenvalue weighted by Gasteiger charge is -2.27. The smallest absolute Gasteiger partial charge is 0.209 e. The molecular formula is C49H75N2+. The van der Waals surface area contributed by atoms with Crippen molar-refractivity contribution in [3.8, 4) is 0 Å². The monoisotopic (exact) mass is 692 g/mol. The molecule has 0 aliphatic carbocycles. The molecule has 280 valence electrons. The minimum Gasteiger partial charge on any atom is -0.344 e. The summed E-state index contributed by atoms with van der Waals surface area (Å²) in [5.74, 6) is 0. The summed E-state index contributed by atoms with van der Waals surface area (Å²) < 4.78 is 2.62.